The summed E-state index contributed by atoms with van der Waals surface area (Å²) >= 11 is 1.29. The largest absolute Gasteiger partial charge is 0.480 e. The van der Waals surface area contributed by atoms with Crippen LogP contribution in [0.25, 0.3) is 11.0 Å². The average Bonchev–Trinajstić information content (AvgIpc) is 3.06. The van der Waals surface area contributed by atoms with Crippen LogP contribution in [0.3, 0.4) is 0 Å². The molecular formula is C11H11N3O4S2. The smallest absolute Gasteiger partial charge is 0.322 e. The van der Waals surface area contributed by atoms with E-state index >= 15 is 0 Å². The molecule has 3 heterocycles. The zero-order chi connectivity index (χ0) is 14.3. The molecule has 1 aliphatic heterocycles. The number of hydrogen-bond donors (Lipinski definition) is 2. The molecule has 0 amide bonds. The molecule has 2 N–H and O–H groups in total. The third-order valence-electron chi connectivity index (χ3n) is 3.13. The van der Waals surface area contributed by atoms with Crippen molar-refractivity contribution in [3.8, 4) is 0 Å². The van der Waals surface area contributed by atoms with Gasteiger partial charge in [-0.3, -0.25) is 4.79 Å². The molecule has 1 atom stereocenters. The first kappa shape index (κ1) is 13.4. The van der Waals surface area contributed by atoms with Gasteiger partial charge in [0.05, 0.1) is 5.88 Å². The molecule has 0 aliphatic carbocycles. The Hall–Kier alpha value is -1.58. The molecule has 20 heavy (non-hydrogen) atoms. The molecule has 106 valence electrons. The lowest BCUT2D eigenvalue weighted by Crippen LogP contribution is -2.41. The summed E-state index contributed by atoms with van der Waals surface area (Å²) in [4.78, 5) is 18.0. The zero-order valence-electron chi connectivity index (χ0n) is 10.2. The number of aliphatic carboxylic acids is 1. The molecule has 2 aromatic heterocycles. The van der Waals surface area contributed by atoms with Crippen molar-refractivity contribution in [2.75, 3.05) is 11.6 Å². The summed E-state index contributed by atoms with van der Waals surface area (Å²) in [6.07, 6.45) is 2.91. The van der Waals surface area contributed by atoms with E-state index in [1.165, 1.54) is 18.0 Å². The van der Waals surface area contributed by atoms with Crippen molar-refractivity contribution < 1.29 is 18.3 Å². The lowest BCUT2D eigenvalue weighted by Gasteiger charge is -2.19. The van der Waals surface area contributed by atoms with Crippen LogP contribution in [0.5, 0.6) is 0 Å². The number of nitrogens with zero attached hydrogens (tertiary/aromatic N) is 2. The molecule has 1 unspecified atom stereocenters. The van der Waals surface area contributed by atoms with Crippen LogP contribution >= 0.6 is 11.8 Å². The molecule has 2 aromatic rings. The molecule has 0 spiro atoms. The number of thioether (sulfide) groups is 1. The predicted molar refractivity (Wildman–Crippen MR) is 73.9 cm³/mol. The maximum atomic E-state index is 12.6. The number of sulfonamides is 1. The summed E-state index contributed by atoms with van der Waals surface area (Å²) in [6, 6.07) is 2.26. The molecule has 0 radical (unpaired) electrons. The molecule has 3 rings (SSSR count). The predicted octanol–water partition coefficient (Wildman–Crippen LogP) is 0.711. The van der Waals surface area contributed by atoms with Gasteiger partial charge in [0.25, 0.3) is 0 Å². The first-order valence-corrected chi connectivity index (χ1v) is 8.36. The van der Waals surface area contributed by atoms with Crippen molar-refractivity contribution in [2.45, 2.75) is 10.9 Å². The van der Waals surface area contributed by atoms with Crippen molar-refractivity contribution in [1.29, 1.82) is 0 Å². The summed E-state index contributed by atoms with van der Waals surface area (Å²) < 4.78 is 26.3. The van der Waals surface area contributed by atoms with Crippen molar-refractivity contribution in [3.05, 3.63) is 24.5 Å². The minimum Gasteiger partial charge on any atom is -0.480 e. The maximum Gasteiger partial charge on any atom is 0.322 e. The first-order chi connectivity index (χ1) is 9.51. The Balaban J connectivity index is 2.10. The van der Waals surface area contributed by atoms with Gasteiger partial charge in [-0.05, 0) is 12.1 Å². The molecule has 0 saturated carbocycles. The van der Waals surface area contributed by atoms with Gasteiger partial charge in [0.1, 0.15) is 16.6 Å². The van der Waals surface area contributed by atoms with Gasteiger partial charge in [-0.25, -0.2) is 13.4 Å². The summed E-state index contributed by atoms with van der Waals surface area (Å²) in [6.45, 7) is 0. The third kappa shape index (κ3) is 1.98. The fourth-order valence-electron chi connectivity index (χ4n) is 2.13. The van der Waals surface area contributed by atoms with Gasteiger partial charge < -0.3 is 10.1 Å². The zero-order valence-corrected chi connectivity index (χ0v) is 11.8. The van der Waals surface area contributed by atoms with E-state index in [1.54, 1.807) is 18.3 Å². The average molecular weight is 313 g/mol. The van der Waals surface area contributed by atoms with Crippen LogP contribution in [-0.2, 0) is 14.8 Å². The highest BCUT2D eigenvalue weighted by molar-refractivity contribution is 8.00. The standard InChI is InChI=1S/C11H11N3O4S2/c15-11(16)8-5-19-6-14(8)20(17,18)9-4-13-10-7(9)2-1-3-12-10/h1-4,8H,5-6H2,(H,12,13)(H,15,16). The SMILES string of the molecule is O=C(O)C1CSCN1S(=O)(=O)c1c[nH]c2ncccc12. The van der Waals surface area contributed by atoms with Gasteiger partial charge in [0.15, 0.2) is 0 Å². The first-order valence-electron chi connectivity index (χ1n) is 5.76. The van der Waals surface area contributed by atoms with Gasteiger partial charge in [-0.1, -0.05) is 0 Å². The number of pyridine rings is 1. The summed E-state index contributed by atoms with van der Waals surface area (Å²) in [7, 11) is -3.86. The Morgan fingerprint density at radius 3 is 3.10 bits per heavy atom. The van der Waals surface area contributed by atoms with Crippen LogP contribution in [0.4, 0.5) is 0 Å². The van der Waals surface area contributed by atoms with Crippen molar-refractivity contribution in [2.24, 2.45) is 0 Å². The Kier molecular flexibility index (Phi) is 3.19. The fraction of sp³-hybridized carbons (Fsp3) is 0.273. The number of H-pyrrole nitrogens is 1. The maximum absolute atomic E-state index is 12.6. The molecule has 7 nitrogen and oxygen atoms in total. The van der Waals surface area contributed by atoms with Crippen molar-refractivity contribution in [3.63, 3.8) is 0 Å². The van der Waals surface area contributed by atoms with Crippen LogP contribution < -0.4 is 0 Å². The van der Waals surface area contributed by atoms with Gasteiger partial charge in [-0.2, -0.15) is 4.31 Å². The van der Waals surface area contributed by atoms with E-state index < -0.39 is 22.0 Å². The van der Waals surface area contributed by atoms with Gasteiger partial charge in [-0.15, -0.1) is 11.8 Å². The number of hydrogen-bond acceptors (Lipinski definition) is 5. The summed E-state index contributed by atoms with van der Waals surface area (Å²) in [5.41, 5.74) is 0.463. The number of carboxylic acids is 1. The lowest BCUT2D eigenvalue weighted by atomic mass is 10.3. The molecule has 0 bridgehead atoms. The molecule has 0 aromatic carbocycles. The van der Waals surface area contributed by atoms with Gasteiger partial charge >= 0.3 is 5.97 Å². The number of fused-ring (bicyclic) bond motifs is 1. The number of aromatic nitrogens is 2. The monoisotopic (exact) mass is 313 g/mol. The van der Waals surface area contributed by atoms with Crippen molar-refractivity contribution >= 4 is 38.8 Å². The second kappa shape index (κ2) is 4.76. The third-order valence-corrected chi connectivity index (χ3v) is 6.20. The number of nitrogens with one attached hydrogen (secondary N) is 1. The van der Waals surface area contributed by atoms with E-state index in [9.17, 15) is 13.2 Å². The number of aromatic amines is 1. The van der Waals surface area contributed by atoms with Crippen LogP contribution in [-0.4, -0.2) is 51.4 Å². The highest BCUT2D eigenvalue weighted by Crippen LogP contribution is 2.31. The Labute approximate surface area is 119 Å². The molecular weight excluding hydrogens is 302 g/mol. The Morgan fingerprint density at radius 2 is 2.35 bits per heavy atom. The lowest BCUT2D eigenvalue weighted by molar-refractivity contribution is -0.140. The second-order valence-corrected chi connectivity index (χ2v) is 7.16. The van der Waals surface area contributed by atoms with E-state index in [0.717, 1.165) is 4.31 Å². The van der Waals surface area contributed by atoms with Gasteiger partial charge in [0.2, 0.25) is 10.0 Å². The van der Waals surface area contributed by atoms with Crippen LogP contribution in [0.1, 0.15) is 0 Å². The fourth-order valence-corrected chi connectivity index (χ4v) is 5.42. The number of carbonyl (C=O) groups is 1. The van der Waals surface area contributed by atoms with Crippen molar-refractivity contribution in [1.82, 2.24) is 14.3 Å². The van der Waals surface area contributed by atoms with Gasteiger partial charge in [0, 0.05) is 23.5 Å². The molecule has 1 saturated heterocycles. The molecule has 9 heteroatoms. The minimum atomic E-state index is -3.86. The second-order valence-electron chi connectivity index (χ2n) is 4.30. The molecule has 1 aliphatic rings. The normalized spacial score (nSPS) is 20.5. The number of rotatable bonds is 3. The van der Waals surface area contributed by atoms with E-state index in [-0.39, 0.29) is 16.5 Å². The van der Waals surface area contributed by atoms with E-state index in [4.69, 9.17) is 5.11 Å². The highest BCUT2D eigenvalue weighted by Gasteiger charge is 2.41. The van der Waals surface area contributed by atoms with Crippen LogP contribution in [0.15, 0.2) is 29.4 Å². The van der Waals surface area contributed by atoms with E-state index in [0.29, 0.717) is 11.0 Å². The summed E-state index contributed by atoms with van der Waals surface area (Å²) in [5.74, 6) is -0.724. The van der Waals surface area contributed by atoms with E-state index in [1.807, 2.05) is 0 Å². The number of carboxylic acid groups (broad SMARTS) is 1. The Bertz CT molecular complexity index is 771. The quantitative estimate of drug-likeness (QED) is 0.865. The van der Waals surface area contributed by atoms with Crippen LogP contribution in [0.2, 0.25) is 0 Å². The minimum absolute atomic E-state index is 0.0642. The Morgan fingerprint density at radius 1 is 1.55 bits per heavy atom. The van der Waals surface area contributed by atoms with E-state index in [2.05, 4.69) is 9.97 Å². The molecule has 1 fully saturated rings. The topological polar surface area (TPSA) is 103 Å². The van der Waals surface area contributed by atoms with Crippen LogP contribution in [0, 0.1) is 0 Å². The highest BCUT2D eigenvalue weighted by atomic mass is 32.2. The summed E-state index contributed by atoms with van der Waals surface area (Å²) in [5, 5.41) is 9.58.